The molecular weight excluding hydrogens is 465 g/mol. The minimum absolute atomic E-state index is 0.226. The summed E-state index contributed by atoms with van der Waals surface area (Å²) in [5.41, 5.74) is 8.83. The van der Waals surface area contributed by atoms with Gasteiger partial charge in [0.15, 0.2) is 0 Å². The zero-order chi connectivity index (χ0) is 15.7. The van der Waals surface area contributed by atoms with Crippen molar-refractivity contribution >= 4 is 61.5 Å². The number of methoxy groups -OCH3 is 1. The molecule has 2 aromatic rings. The minimum Gasteiger partial charge on any atom is -0.465 e. The SMILES string of the molecule is COC(=O)c1sc(-c2cc(Br)ccc2I)c(C(C)C)c1N. The van der Waals surface area contributed by atoms with Crippen LogP contribution in [0.5, 0.6) is 0 Å². The van der Waals surface area contributed by atoms with E-state index in [9.17, 15) is 4.79 Å². The molecule has 0 aliphatic carbocycles. The van der Waals surface area contributed by atoms with Gasteiger partial charge >= 0.3 is 5.97 Å². The van der Waals surface area contributed by atoms with E-state index in [-0.39, 0.29) is 11.9 Å². The third-order valence-corrected chi connectivity index (χ3v) is 5.77. The Balaban J connectivity index is 2.73. The molecule has 0 bridgehead atoms. The number of hydrogen-bond donors (Lipinski definition) is 1. The number of nitrogens with two attached hydrogens (primary N) is 1. The van der Waals surface area contributed by atoms with Gasteiger partial charge in [0.25, 0.3) is 0 Å². The van der Waals surface area contributed by atoms with Gasteiger partial charge in [0, 0.05) is 18.5 Å². The fraction of sp³-hybridized carbons (Fsp3) is 0.267. The second-order valence-electron chi connectivity index (χ2n) is 4.86. The van der Waals surface area contributed by atoms with Crippen molar-refractivity contribution in [3.05, 3.63) is 36.7 Å². The lowest BCUT2D eigenvalue weighted by molar-refractivity contribution is 0.0607. The Kier molecular flexibility index (Phi) is 5.32. The topological polar surface area (TPSA) is 52.3 Å². The average molecular weight is 480 g/mol. The number of carbonyl (C=O) groups excluding carboxylic acids is 1. The molecule has 0 aliphatic rings. The lowest BCUT2D eigenvalue weighted by Gasteiger charge is -2.10. The Labute approximate surface area is 150 Å². The molecule has 2 N–H and O–H groups in total. The summed E-state index contributed by atoms with van der Waals surface area (Å²) in [6.45, 7) is 4.15. The molecule has 2 rings (SSSR count). The highest BCUT2D eigenvalue weighted by atomic mass is 127. The van der Waals surface area contributed by atoms with Crippen molar-refractivity contribution in [1.82, 2.24) is 0 Å². The van der Waals surface area contributed by atoms with Crippen molar-refractivity contribution in [2.45, 2.75) is 19.8 Å². The highest BCUT2D eigenvalue weighted by molar-refractivity contribution is 14.1. The Bertz CT molecular complexity index is 697. The van der Waals surface area contributed by atoms with Crippen molar-refractivity contribution in [1.29, 1.82) is 0 Å². The first-order valence-corrected chi connectivity index (χ1v) is 9.01. The van der Waals surface area contributed by atoms with Crippen LogP contribution in [0, 0.1) is 3.57 Å². The first-order valence-electron chi connectivity index (χ1n) is 6.32. The summed E-state index contributed by atoms with van der Waals surface area (Å²) in [5.74, 6) is -0.153. The molecule has 6 heteroatoms. The van der Waals surface area contributed by atoms with Crippen LogP contribution in [0.3, 0.4) is 0 Å². The summed E-state index contributed by atoms with van der Waals surface area (Å²) < 4.78 is 6.96. The summed E-state index contributed by atoms with van der Waals surface area (Å²) in [5, 5.41) is 0. The molecule has 0 unspecified atom stereocenters. The minimum atomic E-state index is -0.379. The van der Waals surface area contributed by atoms with E-state index in [1.165, 1.54) is 18.4 Å². The molecule has 0 spiro atoms. The Morgan fingerprint density at radius 2 is 2.10 bits per heavy atom. The van der Waals surface area contributed by atoms with E-state index in [1.54, 1.807) is 0 Å². The molecule has 0 fully saturated rings. The van der Waals surface area contributed by atoms with Crippen LogP contribution in [-0.4, -0.2) is 13.1 Å². The molecule has 112 valence electrons. The van der Waals surface area contributed by atoms with Gasteiger partial charge < -0.3 is 10.5 Å². The monoisotopic (exact) mass is 479 g/mol. The van der Waals surface area contributed by atoms with Crippen LogP contribution in [0.4, 0.5) is 5.69 Å². The van der Waals surface area contributed by atoms with Crippen LogP contribution in [0.2, 0.25) is 0 Å². The van der Waals surface area contributed by atoms with Crippen molar-refractivity contribution < 1.29 is 9.53 Å². The maximum Gasteiger partial charge on any atom is 0.350 e. The molecular formula is C15H15BrINO2S. The Morgan fingerprint density at radius 1 is 1.43 bits per heavy atom. The lowest BCUT2D eigenvalue weighted by atomic mass is 9.98. The molecule has 3 nitrogen and oxygen atoms in total. The Morgan fingerprint density at radius 3 is 2.67 bits per heavy atom. The van der Waals surface area contributed by atoms with E-state index < -0.39 is 0 Å². The molecule has 0 radical (unpaired) electrons. The average Bonchev–Trinajstić information content (AvgIpc) is 2.78. The largest absolute Gasteiger partial charge is 0.465 e. The van der Waals surface area contributed by atoms with Crippen molar-refractivity contribution in [2.75, 3.05) is 12.8 Å². The van der Waals surface area contributed by atoms with E-state index in [0.29, 0.717) is 10.6 Å². The predicted molar refractivity (Wildman–Crippen MR) is 100 cm³/mol. The molecule has 1 aromatic carbocycles. The van der Waals surface area contributed by atoms with E-state index in [2.05, 4.69) is 58.4 Å². The quantitative estimate of drug-likeness (QED) is 0.481. The maximum absolute atomic E-state index is 11.9. The van der Waals surface area contributed by atoms with Gasteiger partial charge in [0.2, 0.25) is 0 Å². The number of thiophene rings is 1. The molecule has 0 aliphatic heterocycles. The molecule has 21 heavy (non-hydrogen) atoms. The second-order valence-corrected chi connectivity index (χ2v) is 7.96. The molecule has 0 saturated heterocycles. The van der Waals surface area contributed by atoms with Crippen LogP contribution in [-0.2, 0) is 4.74 Å². The van der Waals surface area contributed by atoms with Crippen LogP contribution < -0.4 is 5.73 Å². The van der Waals surface area contributed by atoms with Gasteiger partial charge in [-0.1, -0.05) is 29.8 Å². The molecule has 0 atom stereocenters. The standard InChI is InChI=1S/C15H15BrINO2S/c1-7(2)11-12(18)14(15(19)20-3)21-13(11)9-6-8(16)4-5-10(9)17/h4-7H,18H2,1-3H3. The van der Waals surface area contributed by atoms with Crippen LogP contribution in [0.15, 0.2) is 22.7 Å². The first kappa shape index (κ1) is 16.8. The fourth-order valence-corrected chi connectivity index (χ4v) is 4.62. The number of ether oxygens (including phenoxy) is 1. The first-order chi connectivity index (χ1) is 9.86. The van der Waals surface area contributed by atoms with Crippen molar-refractivity contribution in [3.63, 3.8) is 0 Å². The number of carbonyl (C=O) groups is 1. The van der Waals surface area contributed by atoms with Crippen molar-refractivity contribution in [3.8, 4) is 10.4 Å². The summed E-state index contributed by atoms with van der Waals surface area (Å²) in [6.07, 6.45) is 0. The number of anilines is 1. The molecule has 1 aromatic heterocycles. The highest BCUT2D eigenvalue weighted by Gasteiger charge is 2.25. The smallest absolute Gasteiger partial charge is 0.350 e. The zero-order valence-electron chi connectivity index (χ0n) is 11.9. The molecule has 0 amide bonds. The third kappa shape index (κ3) is 3.27. The summed E-state index contributed by atoms with van der Waals surface area (Å²) in [4.78, 5) is 13.4. The van der Waals surface area contributed by atoms with E-state index >= 15 is 0 Å². The summed E-state index contributed by atoms with van der Waals surface area (Å²) in [7, 11) is 1.37. The lowest BCUT2D eigenvalue weighted by Crippen LogP contribution is -2.03. The number of hydrogen-bond acceptors (Lipinski definition) is 4. The van der Waals surface area contributed by atoms with E-state index in [4.69, 9.17) is 10.5 Å². The Hall–Kier alpha value is -0.600. The third-order valence-electron chi connectivity index (χ3n) is 3.10. The number of esters is 1. The second kappa shape index (κ2) is 6.66. The van der Waals surface area contributed by atoms with Gasteiger partial charge in [-0.3, -0.25) is 0 Å². The zero-order valence-corrected chi connectivity index (χ0v) is 16.4. The maximum atomic E-state index is 11.9. The van der Waals surface area contributed by atoms with Crippen LogP contribution >= 0.6 is 49.9 Å². The van der Waals surface area contributed by atoms with Gasteiger partial charge in [0.05, 0.1) is 12.8 Å². The van der Waals surface area contributed by atoms with Gasteiger partial charge in [-0.15, -0.1) is 11.3 Å². The van der Waals surface area contributed by atoms with Gasteiger partial charge in [-0.25, -0.2) is 4.79 Å². The van der Waals surface area contributed by atoms with E-state index in [1.807, 2.05) is 12.1 Å². The molecule has 0 saturated carbocycles. The number of nitrogen functional groups attached to an aromatic ring is 1. The number of benzene rings is 1. The van der Waals surface area contributed by atoms with Crippen LogP contribution in [0.25, 0.3) is 10.4 Å². The number of halogens is 2. The number of rotatable bonds is 3. The van der Waals surface area contributed by atoms with Gasteiger partial charge in [-0.05, 0) is 52.3 Å². The van der Waals surface area contributed by atoms with E-state index in [0.717, 1.165) is 24.0 Å². The van der Waals surface area contributed by atoms with Gasteiger partial charge in [0.1, 0.15) is 4.88 Å². The fourth-order valence-electron chi connectivity index (χ4n) is 2.15. The van der Waals surface area contributed by atoms with Gasteiger partial charge in [-0.2, -0.15) is 0 Å². The highest BCUT2D eigenvalue weighted by Crippen LogP contribution is 2.44. The molecule has 1 heterocycles. The predicted octanol–water partition coefficient (Wildman–Crippen LogP) is 5.27. The normalized spacial score (nSPS) is 11.0. The van der Waals surface area contributed by atoms with Crippen LogP contribution in [0.1, 0.15) is 35.0 Å². The summed E-state index contributed by atoms with van der Waals surface area (Å²) in [6, 6.07) is 6.09. The van der Waals surface area contributed by atoms with Crippen molar-refractivity contribution in [2.24, 2.45) is 0 Å². The summed E-state index contributed by atoms with van der Waals surface area (Å²) >= 11 is 7.20.